The third-order valence-electron chi connectivity index (χ3n) is 5.07. The van der Waals surface area contributed by atoms with Crippen LogP contribution in [-0.4, -0.2) is 23.0 Å². The van der Waals surface area contributed by atoms with Crippen LogP contribution in [0.3, 0.4) is 0 Å². The molecule has 1 amide bonds. The Hall–Kier alpha value is -3.47. The zero-order valence-electron chi connectivity index (χ0n) is 16.1. The number of fused-ring (bicyclic) bond motifs is 1. The first kappa shape index (κ1) is 18.9. The van der Waals surface area contributed by atoms with Gasteiger partial charge >= 0.3 is 0 Å². The van der Waals surface area contributed by atoms with Gasteiger partial charge in [0, 0.05) is 31.1 Å². The second kappa shape index (κ2) is 8.27. The third-order valence-corrected chi connectivity index (χ3v) is 5.07. The minimum Gasteiger partial charge on any atom is -0.356 e. The summed E-state index contributed by atoms with van der Waals surface area (Å²) >= 11 is 0. The fourth-order valence-electron chi connectivity index (χ4n) is 3.48. The summed E-state index contributed by atoms with van der Waals surface area (Å²) < 4.78 is 18.5. The van der Waals surface area contributed by atoms with E-state index in [1.807, 2.05) is 25.2 Å². The lowest BCUT2D eigenvalue weighted by atomic mass is 10.0. The van der Waals surface area contributed by atoms with E-state index >= 15 is 0 Å². The molecule has 29 heavy (non-hydrogen) atoms. The smallest absolute Gasteiger partial charge is 0.222 e. The van der Waals surface area contributed by atoms with E-state index in [4.69, 9.17) is 4.52 Å². The molecule has 0 unspecified atom stereocenters. The molecular formula is C24H21FN2O2. The maximum atomic E-state index is 13.2. The summed E-state index contributed by atoms with van der Waals surface area (Å²) in [6.07, 6.45) is 2.47. The Morgan fingerprint density at radius 2 is 1.76 bits per heavy atom. The van der Waals surface area contributed by atoms with E-state index in [2.05, 4.69) is 29.4 Å². The fourth-order valence-corrected chi connectivity index (χ4v) is 3.48. The van der Waals surface area contributed by atoms with Crippen molar-refractivity contribution >= 4 is 16.7 Å². The molecule has 0 fully saturated rings. The first-order valence-corrected chi connectivity index (χ1v) is 9.52. The molecule has 3 aromatic carbocycles. The van der Waals surface area contributed by atoms with Crippen molar-refractivity contribution in [2.24, 2.45) is 0 Å². The molecule has 5 heteroatoms. The molecule has 0 aliphatic carbocycles. The molecule has 1 heterocycles. The number of nitrogens with zero attached hydrogens (tertiary/aromatic N) is 2. The highest BCUT2D eigenvalue weighted by atomic mass is 19.1. The maximum Gasteiger partial charge on any atom is 0.222 e. The largest absolute Gasteiger partial charge is 0.356 e. The van der Waals surface area contributed by atoms with Crippen molar-refractivity contribution in [1.82, 2.24) is 10.1 Å². The second-order valence-corrected chi connectivity index (χ2v) is 7.08. The van der Waals surface area contributed by atoms with Crippen LogP contribution in [0, 0.1) is 5.82 Å². The molecule has 0 radical (unpaired) electrons. The van der Waals surface area contributed by atoms with Crippen LogP contribution in [0.1, 0.15) is 17.5 Å². The number of carbonyl (C=O) groups excluding carboxylic acids is 1. The highest BCUT2D eigenvalue weighted by Crippen LogP contribution is 2.25. The first-order chi connectivity index (χ1) is 14.1. The SMILES string of the molecule is CN(Cc1cccc2ccccc12)C(=O)CCc1cnoc1-c1ccc(F)cc1. The van der Waals surface area contributed by atoms with Gasteiger partial charge in [0.25, 0.3) is 0 Å². The van der Waals surface area contributed by atoms with Crippen LogP contribution in [-0.2, 0) is 17.8 Å². The zero-order valence-corrected chi connectivity index (χ0v) is 16.1. The Kier molecular flexibility index (Phi) is 5.38. The lowest BCUT2D eigenvalue weighted by Gasteiger charge is -2.18. The Bertz CT molecular complexity index is 1130. The van der Waals surface area contributed by atoms with Crippen molar-refractivity contribution in [2.75, 3.05) is 7.05 Å². The number of hydrogen-bond acceptors (Lipinski definition) is 3. The van der Waals surface area contributed by atoms with Gasteiger partial charge in [-0.05, 0) is 47.0 Å². The molecule has 0 aliphatic rings. The van der Waals surface area contributed by atoms with Crippen LogP contribution in [0.5, 0.6) is 0 Å². The van der Waals surface area contributed by atoms with Crippen molar-refractivity contribution in [3.05, 3.63) is 89.9 Å². The summed E-state index contributed by atoms with van der Waals surface area (Å²) in [6, 6.07) is 20.4. The molecular weight excluding hydrogens is 367 g/mol. The summed E-state index contributed by atoms with van der Waals surface area (Å²) in [5, 5.41) is 6.18. The van der Waals surface area contributed by atoms with Crippen LogP contribution >= 0.6 is 0 Å². The highest BCUT2D eigenvalue weighted by molar-refractivity contribution is 5.86. The fraction of sp³-hybridized carbons (Fsp3) is 0.167. The number of hydrogen-bond donors (Lipinski definition) is 0. The van der Waals surface area contributed by atoms with Crippen molar-refractivity contribution in [1.29, 1.82) is 0 Å². The van der Waals surface area contributed by atoms with Crippen LogP contribution in [0.25, 0.3) is 22.1 Å². The molecule has 0 aliphatic heterocycles. The van der Waals surface area contributed by atoms with Crippen LogP contribution in [0.15, 0.2) is 77.4 Å². The van der Waals surface area contributed by atoms with Crippen molar-refractivity contribution < 1.29 is 13.7 Å². The Labute approximate surface area is 168 Å². The summed E-state index contributed by atoms with van der Waals surface area (Å²) in [6.45, 7) is 0.550. The average Bonchev–Trinajstić information content (AvgIpc) is 3.21. The molecule has 0 saturated heterocycles. The number of aryl methyl sites for hydroxylation is 1. The highest BCUT2D eigenvalue weighted by Gasteiger charge is 2.15. The minimum absolute atomic E-state index is 0.0455. The predicted octanol–water partition coefficient (Wildman–Crippen LogP) is 5.23. The van der Waals surface area contributed by atoms with Crippen LogP contribution < -0.4 is 0 Å². The molecule has 0 N–H and O–H groups in total. The molecule has 0 atom stereocenters. The van der Waals surface area contributed by atoms with Gasteiger partial charge in [-0.3, -0.25) is 4.79 Å². The number of carbonyl (C=O) groups is 1. The second-order valence-electron chi connectivity index (χ2n) is 7.08. The van der Waals surface area contributed by atoms with E-state index in [1.165, 1.54) is 17.5 Å². The number of benzene rings is 3. The Morgan fingerprint density at radius 1 is 1.00 bits per heavy atom. The number of aromatic nitrogens is 1. The summed E-state index contributed by atoms with van der Waals surface area (Å²) in [4.78, 5) is 14.4. The van der Waals surface area contributed by atoms with Gasteiger partial charge in [0.15, 0.2) is 5.76 Å². The lowest BCUT2D eigenvalue weighted by molar-refractivity contribution is -0.130. The van der Waals surface area contributed by atoms with Gasteiger partial charge in [-0.1, -0.05) is 47.6 Å². The number of rotatable bonds is 6. The number of amides is 1. The molecule has 0 spiro atoms. The lowest BCUT2D eigenvalue weighted by Crippen LogP contribution is -2.26. The maximum absolute atomic E-state index is 13.2. The molecule has 0 saturated carbocycles. The summed E-state index contributed by atoms with van der Waals surface area (Å²) in [5.74, 6) is 0.318. The average molecular weight is 388 g/mol. The van der Waals surface area contributed by atoms with Gasteiger partial charge in [-0.15, -0.1) is 0 Å². The van der Waals surface area contributed by atoms with Crippen LogP contribution in [0.4, 0.5) is 4.39 Å². The van der Waals surface area contributed by atoms with E-state index < -0.39 is 0 Å². The first-order valence-electron chi connectivity index (χ1n) is 9.52. The monoisotopic (exact) mass is 388 g/mol. The molecule has 146 valence electrons. The molecule has 1 aromatic heterocycles. The quantitative estimate of drug-likeness (QED) is 0.455. The van der Waals surface area contributed by atoms with E-state index in [-0.39, 0.29) is 11.7 Å². The van der Waals surface area contributed by atoms with Crippen LogP contribution in [0.2, 0.25) is 0 Å². The summed E-state index contributed by atoms with van der Waals surface area (Å²) in [5.41, 5.74) is 2.70. The number of halogens is 1. The Morgan fingerprint density at radius 3 is 2.59 bits per heavy atom. The standard InChI is InChI=1S/C24H21FN2O2/c1-27(16-20-7-4-6-17-5-2-3-8-22(17)20)23(28)14-11-19-15-26-29-24(19)18-9-12-21(25)13-10-18/h2-10,12-13,15H,11,14,16H2,1H3. The van der Waals surface area contributed by atoms with Gasteiger partial charge in [0.2, 0.25) is 5.91 Å². The van der Waals surface area contributed by atoms with Gasteiger partial charge in [-0.2, -0.15) is 0 Å². The normalized spacial score (nSPS) is 11.0. The predicted molar refractivity (Wildman–Crippen MR) is 111 cm³/mol. The molecule has 4 rings (SSSR count). The van der Waals surface area contributed by atoms with E-state index in [0.29, 0.717) is 25.1 Å². The van der Waals surface area contributed by atoms with E-state index in [1.54, 1.807) is 23.2 Å². The zero-order chi connectivity index (χ0) is 20.2. The van der Waals surface area contributed by atoms with Crippen molar-refractivity contribution in [3.8, 4) is 11.3 Å². The molecule has 0 bridgehead atoms. The van der Waals surface area contributed by atoms with Gasteiger partial charge < -0.3 is 9.42 Å². The topological polar surface area (TPSA) is 46.3 Å². The molecule has 4 aromatic rings. The van der Waals surface area contributed by atoms with E-state index in [9.17, 15) is 9.18 Å². The van der Waals surface area contributed by atoms with Gasteiger partial charge in [-0.25, -0.2) is 4.39 Å². The van der Waals surface area contributed by atoms with E-state index in [0.717, 1.165) is 22.1 Å². The Balaban J connectivity index is 1.42. The van der Waals surface area contributed by atoms with Gasteiger partial charge in [0.1, 0.15) is 5.82 Å². The summed E-state index contributed by atoms with van der Waals surface area (Å²) in [7, 11) is 1.82. The van der Waals surface area contributed by atoms with Gasteiger partial charge in [0.05, 0.1) is 6.20 Å². The minimum atomic E-state index is -0.306. The molecule has 4 nitrogen and oxygen atoms in total. The third kappa shape index (κ3) is 4.19. The van der Waals surface area contributed by atoms with Crippen molar-refractivity contribution in [2.45, 2.75) is 19.4 Å². The van der Waals surface area contributed by atoms with Crippen molar-refractivity contribution in [3.63, 3.8) is 0 Å².